The van der Waals surface area contributed by atoms with Gasteiger partial charge in [0, 0.05) is 0 Å². The minimum atomic E-state index is -1.06. The standard InChI is InChI=1S/C8H6O4.C8H10/c9-7(10)5-1-2-6(4-3-5)8(11)12;1-2-8-6-4-3-5-7-8/h1-4H,(H,9,10)(H,11,12);3-7H,2H2,1H3. The normalized spacial score (nSPS) is 9.25. The molecular weight excluding hydrogens is 256 g/mol. The molecule has 0 bridgehead atoms. The quantitative estimate of drug-likeness (QED) is 0.898. The van der Waals surface area contributed by atoms with Crippen molar-refractivity contribution in [2.45, 2.75) is 13.3 Å². The molecule has 0 radical (unpaired) electrons. The summed E-state index contributed by atoms with van der Waals surface area (Å²) in [7, 11) is 0. The summed E-state index contributed by atoms with van der Waals surface area (Å²) in [6.07, 6.45) is 1.14. The summed E-state index contributed by atoms with van der Waals surface area (Å²) in [6, 6.07) is 15.5. The molecule has 0 aliphatic heterocycles. The maximum absolute atomic E-state index is 10.3. The Labute approximate surface area is 117 Å². The summed E-state index contributed by atoms with van der Waals surface area (Å²) in [6.45, 7) is 2.16. The van der Waals surface area contributed by atoms with Crippen LogP contribution in [0.1, 0.15) is 33.2 Å². The molecule has 2 aromatic carbocycles. The summed E-state index contributed by atoms with van der Waals surface area (Å²) in [4.78, 5) is 20.7. The summed E-state index contributed by atoms with van der Waals surface area (Å²) < 4.78 is 0. The van der Waals surface area contributed by atoms with E-state index in [1.807, 2.05) is 6.07 Å². The molecule has 4 heteroatoms. The van der Waals surface area contributed by atoms with E-state index in [0.29, 0.717) is 0 Å². The average molecular weight is 272 g/mol. The summed E-state index contributed by atoms with van der Waals surface area (Å²) in [5.41, 5.74) is 1.58. The van der Waals surface area contributed by atoms with Crippen LogP contribution in [0.4, 0.5) is 0 Å². The molecule has 0 heterocycles. The van der Waals surface area contributed by atoms with E-state index in [0.717, 1.165) is 6.42 Å². The van der Waals surface area contributed by atoms with E-state index in [1.54, 1.807) is 0 Å². The van der Waals surface area contributed by atoms with E-state index in [4.69, 9.17) is 10.2 Å². The lowest BCUT2D eigenvalue weighted by Crippen LogP contribution is -1.99. The predicted octanol–water partition coefficient (Wildman–Crippen LogP) is 3.33. The van der Waals surface area contributed by atoms with Crippen LogP contribution in [-0.2, 0) is 6.42 Å². The second-order valence-electron chi connectivity index (χ2n) is 4.03. The van der Waals surface area contributed by atoms with Gasteiger partial charge in [-0.3, -0.25) is 0 Å². The Bertz CT molecular complexity index is 526. The van der Waals surface area contributed by atoms with Gasteiger partial charge in [0.25, 0.3) is 0 Å². The van der Waals surface area contributed by atoms with Crippen molar-refractivity contribution in [1.29, 1.82) is 0 Å². The lowest BCUT2D eigenvalue weighted by atomic mass is 10.1. The molecule has 0 atom stereocenters. The molecule has 0 amide bonds. The van der Waals surface area contributed by atoms with Gasteiger partial charge in [0.15, 0.2) is 0 Å². The van der Waals surface area contributed by atoms with Crippen molar-refractivity contribution in [3.8, 4) is 0 Å². The van der Waals surface area contributed by atoms with Gasteiger partial charge in [-0.25, -0.2) is 9.59 Å². The predicted molar refractivity (Wildman–Crippen MR) is 76.2 cm³/mol. The number of rotatable bonds is 3. The summed E-state index contributed by atoms with van der Waals surface area (Å²) >= 11 is 0. The number of carboxylic acids is 2. The van der Waals surface area contributed by atoms with Crippen LogP contribution in [0.25, 0.3) is 0 Å². The molecule has 0 aromatic heterocycles. The fraction of sp³-hybridized carbons (Fsp3) is 0.125. The van der Waals surface area contributed by atoms with E-state index in [2.05, 4.69) is 31.2 Å². The third-order valence-corrected chi connectivity index (χ3v) is 2.63. The number of hydrogen-bond donors (Lipinski definition) is 2. The highest BCUT2D eigenvalue weighted by atomic mass is 16.4. The highest BCUT2D eigenvalue weighted by Crippen LogP contribution is 2.03. The topological polar surface area (TPSA) is 74.6 Å². The summed E-state index contributed by atoms with van der Waals surface area (Å²) in [5.74, 6) is -2.13. The van der Waals surface area contributed by atoms with Crippen LogP contribution >= 0.6 is 0 Å². The maximum Gasteiger partial charge on any atom is 0.335 e. The van der Waals surface area contributed by atoms with Crippen LogP contribution in [0.15, 0.2) is 54.6 Å². The fourth-order valence-electron chi connectivity index (χ4n) is 1.47. The van der Waals surface area contributed by atoms with Crippen molar-refractivity contribution in [2.24, 2.45) is 0 Å². The van der Waals surface area contributed by atoms with Crippen molar-refractivity contribution < 1.29 is 19.8 Å². The van der Waals surface area contributed by atoms with Crippen LogP contribution in [0, 0.1) is 0 Å². The Morgan fingerprint density at radius 2 is 1.20 bits per heavy atom. The van der Waals surface area contributed by atoms with Gasteiger partial charge < -0.3 is 10.2 Å². The van der Waals surface area contributed by atoms with Crippen molar-refractivity contribution in [3.63, 3.8) is 0 Å². The van der Waals surface area contributed by atoms with Crippen LogP contribution in [0.2, 0.25) is 0 Å². The molecule has 2 N–H and O–H groups in total. The maximum atomic E-state index is 10.3. The first-order valence-corrected chi connectivity index (χ1v) is 6.15. The molecule has 20 heavy (non-hydrogen) atoms. The Hall–Kier alpha value is -2.62. The highest BCUT2D eigenvalue weighted by molar-refractivity contribution is 5.91. The zero-order valence-corrected chi connectivity index (χ0v) is 11.1. The first-order valence-electron chi connectivity index (χ1n) is 6.15. The highest BCUT2D eigenvalue weighted by Gasteiger charge is 2.04. The Morgan fingerprint density at radius 3 is 1.45 bits per heavy atom. The zero-order valence-electron chi connectivity index (χ0n) is 11.1. The van der Waals surface area contributed by atoms with E-state index < -0.39 is 11.9 Å². The molecule has 4 nitrogen and oxygen atoms in total. The molecule has 104 valence electrons. The van der Waals surface area contributed by atoms with Gasteiger partial charge >= 0.3 is 11.9 Å². The second-order valence-corrected chi connectivity index (χ2v) is 4.03. The first-order chi connectivity index (χ1) is 9.54. The lowest BCUT2D eigenvalue weighted by molar-refractivity contribution is 0.0681. The minimum absolute atomic E-state index is 0.0833. The van der Waals surface area contributed by atoms with Crippen LogP contribution in [-0.4, -0.2) is 22.2 Å². The Kier molecular flexibility index (Phi) is 5.97. The van der Waals surface area contributed by atoms with Gasteiger partial charge in [-0.1, -0.05) is 37.3 Å². The number of carbonyl (C=O) groups is 2. The molecule has 0 spiro atoms. The van der Waals surface area contributed by atoms with E-state index in [9.17, 15) is 9.59 Å². The van der Waals surface area contributed by atoms with Gasteiger partial charge in [-0.2, -0.15) is 0 Å². The monoisotopic (exact) mass is 272 g/mol. The number of aryl methyl sites for hydroxylation is 1. The molecule has 0 unspecified atom stereocenters. The van der Waals surface area contributed by atoms with Crippen molar-refractivity contribution >= 4 is 11.9 Å². The molecule has 0 aliphatic rings. The third kappa shape index (κ3) is 4.94. The SMILES string of the molecule is CCc1ccccc1.O=C(O)c1ccc(C(=O)O)cc1. The zero-order chi connectivity index (χ0) is 15.0. The smallest absolute Gasteiger partial charge is 0.335 e. The molecular formula is C16H16O4. The van der Waals surface area contributed by atoms with Gasteiger partial charge in [0.1, 0.15) is 0 Å². The lowest BCUT2D eigenvalue weighted by Gasteiger charge is -1.94. The third-order valence-electron chi connectivity index (χ3n) is 2.63. The second kappa shape index (κ2) is 7.74. The van der Waals surface area contributed by atoms with E-state index in [-0.39, 0.29) is 11.1 Å². The number of aromatic carboxylic acids is 2. The van der Waals surface area contributed by atoms with E-state index in [1.165, 1.54) is 29.8 Å². The fourth-order valence-corrected chi connectivity index (χ4v) is 1.47. The van der Waals surface area contributed by atoms with Crippen LogP contribution in [0.5, 0.6) is 0 Å². The molecule has 0 saturated heterocycles. The van der Waals surface area contributed by atoms with Crippen molar-refractivity contribution in [2.75, 3.05) is 0 Å². The number of hydrogen-bond acceptors (Lipinski definition) is 2. The Balaban J connectivity index is 0.000000217. The van der Waals surface area contributed by atoms with E-state index >= 15 is 0 Å². The molecule has 2 rings (SSSR count). The van der Waals surface area contributed by atoms with Gasteiger partial charge in [0.2, 0.25) is 0 Å². The first kappa shape index (κ1) is 15.4. The minimum Gasteiger partial charge on any atom is -0.478 e. The van der Waals surface area contributed by atoms with Crippen molar-refractivity contribution in [3.05, 3.63) is 71.3 Å². The molecule has 2 aromatic rings. The Morgan fingerprint density at radius 1 is 0.800 bits per heavy atom. The number of benzene rings is 2. The average Bonchev–Trinajstić information content (AvgIpc) is 2.48. The summed E-state index contributed by atoms with van der Waals surface area (Å²) in [5, 5.41) is 16.9. The van der Waals surface area contributed by atoms with Gasteiger partial charge in [-0.05, 0) is 36.2 Å². The molecule has 0 saturated carbocycles. The molecule has 0 aliphatic carbocycles. The van der Waals surface area contributed by atoms with Crippen LogP contribution < -0.4 is 0 Å². The van der Waals surface area contributed by atoms with Crippen molar-refractivity contribution in [1.82, 2.24) is 0 Å². The molecule has 0 fully saturated rings. The number of carboxylic acid groups (broad SMARTS) is 2. The van der Waals surface area contributed by atoms with Crippen LogP contribution in [0.3, 0.4) is 0 Å². The van der Waals surface area contributed by atoms with Gasteiger partial charge in [-0.15, -0.1) is 0 Å². The van der Waals surface area contributed by atoms with Gasteiger partial charge in [0.05, 0.1) is 11.1 Å². The largest absolute Gasteiger partial charge is 0.478 e.